The number of hydrogen-bond donors (Lipinski definition) is 3. The Balaban J connectivity index is 2.19. The Morgan fingerprint density at radius 1 is 1.22 bits per heavy atom. The van der Waals surface area contributed by atoms with Gasteiger partial charge in [-0.3, -0.25) is 14.5 Å². The van der Waals surface area contributed by atoms with Gasteiger partial charge in [-0.2, -0.15) is 0 Å². The van der Waals surface area contributed by atoms with Crippen LogP contribution in [0.3, 0.4) is 0 Å². The van der Waals surface area contributed by atoms with Crippen LogP contribution in [-0.4, -0.2) is 46.0 Å². The summed E-state index contributed by atoms with van der Waals surface area (Å²) in [7, 11) is 0. The van der Waals surface area contributed by atoms with Crippen LogP contribution in [0.5, 0.6) is 0 Å². The number of urea groups is 1. The largest absolute Gasteiger partial charge is 0.394 e. The van der Waals surface area contributed by atoms with Gasteiger partial charge in [0.05, 0.1) is 23.3 Å². The average Bonchev–Trinajstić information content (AvgIpc) is 2.69. The zero-order valence-electron chi connectivity index (χ0n) is 13.6. The molecule has 0 saturated heterocycles. The Morgan fingerprint density at radius 2 is 1.83 bits per heavy atom. The molecule has 0 aliphatic carbocycles. The quantitative estimate of drug-likeness (QED) is 0.734. The van der Waals surface area contributed by atoms with Gasteiger partial charge in [0, 0.05) is 11.7 Å². The van der Waals surface area contributed by atoms with Gasteiger partial charge in [-0.05, 0) is 45.9 Å². The molecule has 1 aromatic carbocycles. The summed E-state index contributed by atoms with van der Waals surface area (Å²) in [4.78, 5) is 37.6. The van der Waals surface area contributed by atoms with Crippen LogP contribution in [0.25, 0.3) is 0 Å². The Hall–Kier alpha value is -2.41. The van der Waals surface area contributed by atoms with Gasteiger partial charge in [-0.1, -0.05) is 0 Å². The van der Waals surface area contributed by atoms with Crippen LogP contribution in [0.1, 0.15) is 48.4 Å². The maximum atomic E-state index is 12.3. The fourth-order valence-electron chi connectivity index (χ4n) is 2.32. The lowest BCUT2D eigenvalue weighted by Crippen LogP contribution is -2.48. The minimum atomic E-state index is -0.763. The summed E-state index contributed by atoms with van der Waals surface area (Å²) in [6.07, 6.45) is 0. The van der Waals surface area contributed by atoms with E-state index in [1.165, 1.54) is 17.0 Å². The fraction of sp³-hybridized carbons (Fsp3) is 0.438. The van der Waals surface area contributed by atoms with E-state index in [-0.39, 0.29) is 30.0 Å². The van der Waals surface area contributed by atoms with E-state index in [0.29, 0.717) is 11.3 Å². The molecule has 4 amide bonds. The predicted octanol–water partition coefficient (Wildman–Crippen LogP) is 1.58. The monoisotopic (exact) mass is 319 g/mol. The van der Waals surface area contributed by atoms with Crippen molar-refractivity contribution < 1.29 is 19.5 Å². The van der Waals surface area contributed by atoms with Crippen molar-refractivity contribution in [2.24, 2.45) is 0 Å². The van der Waals surface area contributed by atoms with E-state index in [0.717, 1.165) is 0 Å². The van der Waals surface area contributed by atoms with Crippen molar-refractivity contribution in [3.05, 3.63) is 29.3 Å². The van der Waals surface area contributed by atoms with Crippen molar-refractivity contribution in [1.82, 2.24) is 10.2 Å². The highest BCUT2D eigenvalue weighted by atomic mass is 16.3. The molecule has 1 aliphatic heterocycles. The predicted molar refractivity (Wildman–Crippen MR) is 85.4 cm³/mol. The maximum Gasteiger partial charge on any atom is 0.319 e. The first-order chi connectivity index (χ1) is 10.7. The highest BCUT2D eigenvalue weighted by Gasteiger charge is 2.37. The topological polar surface area (TPSA) is 98.7 Å². The van der Waals surface area contributed by atoms with E-state index in [4.69, 9.17) is 5.11 Å². The molecule has 0 aromatic heterocycles. The van der Waals surface area contributed by atoms with Crippen LogP contribution in [0.2, 0.25) is 0 Å². The number of benzene rings is 1. The Kier molecular flexibility index (Phi) is 4.42. The summed E-state index contributed by atoms with van der Waals surface area (Å²) in [5, 5.41) is 14.4. The van der Waals surface area contributed by atoms with Crippen LogP contribution in [-0.2, 0) is 0 Å². The molecule has 3 N–H and O–H groups in total. The van der Waals surface area contributed by atoms with E-state index in [9.17, 15) is 14.4 Å². The van der Waals surface area contributed by atoms with Crippen molar-refractivity contribution in [2.75, 3.05) is 11.9 Å². The molecule has 1 aromatic rings. The number of carbonyl (C=O) groups excluding carboxylic acids is 3. The molecule has 1 heterocycles. The molecule has 23 heavy (non-hydrogen) atoms. The lowest BCUT2D eigenvalue weighted by atomic mass is 10.1. The SMILES string of the molecule is CC(C)N1C(=O)c2ccc(NC(=O)NC(C)(C)CO)cc2C1=O. The van der Waals surface area contributed by atoms with Gasteiger partial charge in [-0.15, -0.1) is 0 Å². The molecule has 0 atom stereocenters. The lowest BCUT2D eigenvalue weighted by molar-refractivity contribution is 0.0609. The van der Waals surface area contributed by atoms with Crippen LogP contribution in [0, 0.1) is 0 Å². The van der Waals surface area contributed by atoms with Crippen molar-refractivity contribution in [3.8, 4) is 0 Å². The second-order valence-corrected chi connectivity index (χ2v) is 6.46. The average molecular weight is 319 g/mol. The minimum Gasteiger partial charge on any atom is -0.394 e. The van der Waals surface area contributed by atoms with Crippen LogP contribution < -0.4 is 10.6 Å². The number of carbonyl (C=O) groups is 3. The summed E-state index contributed by atoms with van der Waals surface area (Å²) in [5.74, 6) is -0.683. The molecule has 124 valence electrons. The number of imide groups is 1. The standard InChI is InChI=1S/C16H21N3O4/c1-9(2)19-13(21)11-6-5-10(7-12(11)14(19)22)17-15(23)18-16(3,4)8-20/h5-7,9,20H,8H2,1-4H3,(H2,17,18,23). The van der Waals surface area contributed by atoms with Gasteiger partial charge in [-0.25, -0.2) is 4.79 Å². The molecular formula is C16H21N3O4. The molecule has 0 fully saturated rings. The first-order valence-electron chi connectivity index (χ1n) is 7.38. The highest BCUT2D eigenvalue weighted by Crippen LogP contribution is 2.27. The number of fused-ring (bicyclic) bond motifs is 1. The number of rotatable bonds is 4. The van der Waals surface area contributed by atoms with E-state index in [2.05, 4.69) is 10.6 Å². The van der Waals surface area contributed by atoms with Gasteiger partial charge in [0.1, 0.15) is 0 Å². The number of anilines is 1. The van der Waals surface area contributed by atoms with Crippen LogP contribution in [0.15, 0.2) is 18.2 Å². The molecule has 0 bridgehead atoms. The van der Waals surface area contributed by atoms with Gasteiger partial charge in [0.2, 0.25) is 0 Å². The number of nitrogens with one attached hydrogen (secondary N) is 2. The number of hydrogen-bond acceptors (Lipinski definition) is 4. The van der Waals surface area contributed by atoms with Crippen molar-refractivity contribution in [2.45, 2.75) is 39.3 Å². The third kappa shape index (κ3) is 3.34. The molecule has 0 unspecified atom stereocenters. The first kappa shape index (κ1) is 17.0. The molecule has 7 nitrogen and oxygen atoms in total. The summed E-state index contributed by atoms with van der Waals surface area (Å²) >= 11 is 0. The summed E-state index contributed by atoms with van der Waals surface area (Å²) in [5.41, 5.74) is 0.260. The van der Waals surface area contributed by atoms with Crippen molar-refractivity contribution in [1.29, 1.82) is 0 Å². The second-order valence-electron chi connectivity index (χ2n) is 6.46. The molecular weight excluding hydrogens is 298 g/mol. The number of nitrogens with zero attached hydrogens (tertiary/aromatic N) is 1. The summed E-state index contributed by atoms with van der Waals surface area (Å²) in [6, 6.07) is 3.86. The molecule has 0 spiro atoms. The maximum absolute atomic E-state index is 12.3. The fourth-order valence-corrected chi connectivity index (χ4v) is 2.32. The lowest BCUT2D eigenvalue weighted by Gasteiger charge is -2.23. The van der Waals surface area contributed by atoms with Gasteiger partial charge < -0.3 is 15.7 Å². The van der Waals surface area contributed by atoms with Crippen LogP contribution >= 0.6 is 0 Å². The molecule has 0 saturated carbocycles. The second kappa shape index (κ2) is 6.00. The van der Waals surface area contributed by atoms with E-state index < -0.39 is 11.6 Å². The summed E-state index contributed by atoms with van der Waals surface area (Å²) in [6.45, 7) is 6.69. The molecule has 1 aliphatic rings. The smallest absolute Gasteiger partial charge is 0.319 e. The zero-order chi connectivity index (χ0) is 17.4. The number of aliphatic hydroxyl groups excluding tert-OH is 1. The van der Waals surface area contributed by atoms with Gasteiger partial charge >= 0.3 is 6.03 Å². The van der Waals surface area contributed by atoms with Crippen molar-refractivity contribution in [3.63, 3.8) is 0 Å². The van der Waals surface area contributed by atoms with E-state index in [1.807, 2.05) is 0 Å². The molecule has 2 rings (SSSR count). The third-order valence-electron chi connectivity index (χ3n) is 3.54. The first-order valence-corrected chi connectivity index (χ1v) is 7.38. The zero-order valence-corrected chi connectivity index (χ0v) is 13.6. The summed E-state index contributed by atoms with van der Waals surface area (Å²) < 4.78 is 0. The molecule has 7 heteroatoms. The normalized spacial score (nSPS) is 14.3. The van der Waals surface area contributed by atoms with Gasteiger partial charge in [0.25, 0.3) is 11.8 Å². The number of amides is 4. The van der Waals surface area contributed by atoms with E-state index >= 15 is 0 Å². The Labute approximate surface area is 134 Å². The van der Waals surface area contributed by atoms with Gasteiger partial charge in [0.15, 0.2) is 0 Å². The Bertz CT molecular complexity index is 667. The van der Waals surface area contributed by atoms with Crippen LogP contribution in [0.4, 0.5) is 10.5 Å². The molecule has 0 radical (unpaired) electrons. The highest BCUT2D eigenvalue weighted by molar-refractivity contribution is 6.22. The number of aliphatic hydroxyl groups is 1. The Morgan fingerprint density at radius 3 is 2.39 bits per heavy atom. The van der Waals surface area contributed by atoms with E-state index in [1.54, 1.807) is 33.8 Å². The third-order valence-corrected chi connectivity index (χ3v) is 3.54. The van der Waals surface area contributed by atoms with Crippen molar-refractivity contribution >= 4 is 23.5 Å². The minimum absolute atomic E-state index is 0.207.